The molecule has 1 aliphatic rings. The minimum Gasteiger partial charge on any atom is -0.357 e. The Balaban J connectivity index is 1.29. The molecule has 5 rings (SSSR count). The quantitative estimate of drug-likeness (QED) is 0.526. The van der Waals surface area contributed by atoms with Crippen molar-refractivity contribution in [3.05, 3.63) is 53.5 Å². The average Bonchev–Trinajstić information content (AvgIpc) is 3.32. The Morgan fingerprint density at radius 1 is 1.21 bits per heavy atom. The van der Waals surface area contributed by atoms with Crippen molar-refractivity contribution in [2.75, 3.05) is 12.3 Å². The van der Waals surface area contributed by atoms with Crippen LogP contribution in [0.5, 0.6) is 0 Å². The van der Waals surface area contributed by atoms with Gasteiger partial charge in [-0.25, -0.2) is 0 Å². The molecule has 0 aliphatic carbocycles. The number of aromatic amines is 1. The predicted octanol–water partition coefficient (Wildman–Crippen LogP) is 3.41. The van der Waals surface area contributed by atoms with Crippen LogP contribution in [0.15, 0.2) is 41.4 Å². The second-order valence-electron chi connectivity index (χ2n) is 7.64. The molecule has 7 nitrogen and oxygen atoms in total. The summed E-state index contributed by atoms with van der Waals surface area (Å²) >= 11 is 1.46. The molecule has 0 atom stereocenters. The lowest BCUT2D eigenvalue weighted by Crippen LogP contribution is -2.37. The molecule has 0 bridgehead atoms. The minimum absolute atomic E-state index is 0.133. The third kappa shape index (κ3) is 3.27. The Kier molecular flexibility index (Phi) is 4.50. The fourth-order valence-corrected chi connectivity index (χ4v) is 4.62. The molecule has 1 N–H and O–H groups in total. The molecule has 4 heterocycles. The number of benzene rings is 1. The highest BCUT2D eigenvalue weighted by Crippen LogP contribution is 2.28. The van der Waals surface area contributed by atoms with E-state index in [4.69, 9.17) is 0 Å². The summed E-state index contributed by atoms with van der Waals surface area (Å²) in [5.74, 6) is 1.57. The highest BCUT2D eigenvalue weighted by Gasteiger charge is 2.24. The SMILES string of the molecule is CC(C)c1nnc2ccc(SCC(=O)N3CCc4c([nH]c5ccccc45)C3)nn12. The Morgan fingerprint density at radius 2 is 2.07 bits per heavy atom. The van der Waals surface area contributed by atoms with Gasteiger partial charge in [0.15, 0.2) is 11.5 Å². The topological polar surface area (TPSA) is 79.2 Å². The summed E-state index contributed by atoms with van der Waals surface area (Å²) in [6, 6.07) is 12.1. The number of thioether (sulfide) groups is 1. The number of nitrogens with zero attached hydrogens (tertiary/aromatic N) is 5. The maximum atomic E-state index is 12.8. The first-order valence-corrected chi connectivity index (χ1v) is 10.8. The Morgan fingerprint density at radius 3 is 2.93 bits per heavy atom. The summed E-state index contributed by atoms with van der Waals surface area (Å²) in [5, 5.41) is 15.1. The van der Waals surface area contributed by atoms with Gasteiger partial charge in [-0.1, -0.05) is 43.8 Å². The maximum Gasteiger partial charge on any atom is 0.233 e. The average molecular weight is 407 g/mol. The van der Waals surface area contributed by atoms with Crippen molar-refractivity contribution in [2.24, 2.45) is 0 Å². The maximum absolute atomic E-state index is 12.8. The van der Waals surface area contributed by atoms with E-state index in [2.05, 4.69) is 52.3 Å². The summed E-state index contributed by atoms with van der Waals surface area (Å²) in [7, 11) is 0. The molecule has 3 aromatic heterocycles. The molecule has 0 saturated carbocycles. The number of fused-ring (bicyclic) bond motifs is 4. The van der Waals surface area contributed by atoms with E-state index in [1.807, 2.05) is 23.1 Å². The lowest BCUT2D eigenvalue weighted by Gasteiger charge is -2.27. The van der Waals surface area contributed by atoms with Crippen molar-refractivity contribution >= 4 is 34.2 Å². The van der Waals surface area contributed by atoms with Gasteiger partial charge in [0.2, 0.25) is 5.91 Å². The number of para-hydroxylation sites is 1. The molecule has 4 aromatic rings. The fraction of sp³-hybridized carbons (Fsp3) is 0.333. The number of carbonyl (C=O) groups is 1. The molecule has 8 heteroatoms. The monoisotopic (exact) mass is 406 g/mol. The molecule has 29 heavy (non-hydrogen) atoms. The summed E-state index contributed by atoms with van der Waals surface area (Å²) < 4.78 is 1.77. The van der Waals surface area contributed by atoms with Gasteiger partial charge in [-0.05, 0) is 30.2 Å². The van der Waals surface area contributed by atoms with Crippen molar-refractivity contribution in [1.29, 1.82) is 0 Å². The van der Waals surface area contributed by atoms with Gasteiger partial charge in [0.1, 0.15) is 5.03 Å². The van der Waals surface area contributed by atoms with E-state index in [9.17, 15) is 4.79 Å². The first kappa shape index (κ1) is 18.2. The summed E-state index contributed by atoms with van der Waals surface area (Å²) in [6.07, 6.45) is 0.887. The van der Waals surface area contributed by atoms with Crippen LogP contribution in [0.4, 0.5) is 0 Å². The highest BCUT2D eigenvalue weighted by molar-refractivity contribution is 7.99. The van der Waals surface area contributed by atoms with E-state index in [1.165, 1.54) is 22.7 Å². The predicted molar refractivity (Wildman–Crippen MR) is 113 cm³/mol. The van der Waals surface area contributed by atoms with E-state index < -0.39 is 0 Å². The number of rotatable bonds is 4. The molecule has 0 spiro atoms. The third-order valence-corrected chi connectivity index (χ3v) is 6.26. The number of hydrogen-bond donors (Lipinski definition) is 1. The van der Waals surface area contributed by atoms with Crippen LogP contribution in [0, 0.1) is 0 Å². The third-order valence-electron chi connectivity index (χ3n) is 5.36. The van der Waals surface area contributed by atoms with Gasteiger partial charge in [0.25, 0.3) is 0 Å². The molecule has 1 aromatic carbocycles. The van der Waals surface area contributed by atoms with Gasteiger partial charge in [-0.3, -0.25) is 4.79 Å². The van der Waals surface area contributed by atoms with E-state index in [0.29, 0.717) is 12.3 Å². The van der Waals surface area contributed by atoms with Crippen LogP contribution in [0.25, 0.3) is 16.6 Å². The molecule has 0 fully saturated rings. The van der Waals surface area contributed by atoms with Crippen LogP contribution in [0.3, 0.4) is 0 Å². The number of carbonyl (C=O) groups excluding carboxylic acids is 1. The number of H-pyrrole nitrogens is 1. The molecule has 0 saturated heterocycles. The van der Waals surface area contributed by atoms with E-state index in [1.54, 1.807) is 4.52 Å². The van der Waals surface area contributed by atoms with Crippen molar-refractivity contribution in [1.82, 2.24) is 29.7 Å². The smallest absolute Gasteiger partial charge is 0.233 e. The molecule has 1 amide bonds. The largest absolute Gasteiger partial charge is 0.357 e. The molecule has 148 valence electrons. The Hall–Kier alpha value is -2.87. The minimum atomic E-state index is 0.133. The van der Waals surface area contributed by atoms with Crippen LogP contribution >= 0.6 is 11.8 Å². The van der Waals surface area contributed by atoms with Gasteiger partial charge in [0.05, 0.1) is 12.3 Å². The molecular formula is C21H22N6OS. The summed E-state index contributed by atoms with van der Waals surface area (Å²) in [4.78, 5) is 18.2. The van der Waals surface area contributed by atoms with Crippen molar-refractivity contribution < 1.29 is 4.79 Å². The lowest BCUT2D eigenvalue weighted by molar-refractivity contribution is -0.129. The first-order valence-electron chi connectivity index (χ1n) is 9.81. The van der Waals surface area contributed by atoms with Crippen molar-refractivity contribution in [3.63, 3.8) is 0 Å². The van der Waals surface area contributed by atoms with Crippen LogP contribution in [0.2, 0.25) is 0 Å². The second-order valence-corrected chi connectivity index (χ2v) is 8.63. The molecule has 0 unspecified atom stereocenters. The molecular weight excluding hydrogens is 384 g/mol. The van der Waals surface area contributed by atoms with E-state index >= 15 is 0 Å². The standard InChI is InChI=1S/C21H22N6OS/c1-13(2)21-24-23-18-7-8-19(25-27(18)21)29-12-20(28)26-10-9-15-14-5-3-4-6-16(14)22-17(15)11-26/h3-8,13,22H,9-12H2,1-2H3. The highest BCUT2D eigenvalue weighted by atomic mass is 32.2. The van der Waals surface area contributed by atoms with Gasteiger partial charge < -0.3 is 9.88 Å². The van der Waals surface area contributed by atoms with Crippen molar-refractivity contribution in [2.45, 2.75) is 37.8 Å². The van der Waals surface area contributed by atoms with Gasteiger partial charge in [-0.15, -0.1) is 10.2 Å². The van der Waals surface area contributed by atoms with Gasteiger partial charge in [-0.2, -0.15) is 9.61 Å². The molecule has 1 aliphatic heterocycles. The van der Waals surface area contributed by atoms with E-state index in [-0.39, 0.29) is 11.8 Å². The second kappa shape index (κ2) is 7.18. The van der Waals surface area contributed by atoms with E-state index in [0.717, 1.165) is 40.7 Å². The first-order chi connectivity index (χ1) is 14.1. The Bertz CT molecular complexity index is 1210. The van der Waals surface area contributed by atoms with Gasteiger partial charge in [0, 0.05) is 29.1 Å². The summed E-state index contributed by atoms with van der Waals surface area (Å²) in [5.41, 5.74) is 4.37. The van der Waals surface area contributed by atoms with Crippen LogP contribution in [0.1, 0.15) is 36.8 Å². The van der Waals surface area contributed by atoms with Crippen LogP contribution < -0.4 is 0 Å². The number of hydrogen-bond acceptors (Lipinski definition) is 5. The van der Waals surface area contributed by atoms with Crippen LogP contribution in [-0.2, 0) is 17.8 Å². The number of amides is 1. The Labute approximate surface area is 172 Å². The van der Waals surface area contributed by atoms with Gasteiger partial charge >= 0.3 is 0 Å². The number of aromatic nitrogens is 5. The zero-order valence-electron chi connectivity index (χ0n) is 16.4. The summed E-state index contributed by atoms with van der Waals surface area (Å²) in [6.45, 7) is 5.52. The molecule has 0 radical (unpaired) electrons. The zero-order chi connectivity index (χ0) is 20.0. The lowest BCUT2D eigenvalue weighted by atomic mass is 10.0. The number of nitrogens with one attached hydrogen (secondary N) is 1. The van der Waals surface area contributed by atoms with Crippen LogP contribution in [-0.4, -0.2) is 47.9 Å². The van der Waals surface area contributed by atoms with Crippen molar-refractivity contribution in [3.8, 4) is 0 Å². The fourth-order valence-electron chi connectivity index (χ4n) is 3.86. The zero-order valence-corrected chi connectivity index (χ0v) is 17.2. The normalized spacial score (nSPS) is 14.1.